The Labute approximate surface area is 116 Å². The Hall–Kier alpha value is -0.470. The second-order valence-electron chi connectivity index (χ2n) is 5.55. The molecule has 0 amide bonds. The summed E-state index contributed by atoms with van der Waals surface area (Å²) >= 11 is 2.05. The van der Waals surface area contributed by atoms with E-state index >= 15 is 0 Å². The molecule has 1 fully saturated rings. The third kappa shape index (κ3) is 3.76. The summed E-state index contributed by atoms with van der Waals surface area (Å²) in [6.07, 6.45) is 8.88. The molecule has 1 unspecified atom stereocenters. The molecule has 18 heavy (non-hydrogen) atoms. The van der Waals surface area contributed by atoms with Crippen molar-refractivity contribution >= 4 is 11.8 Å². The van der Waals surface area contributed by atoms with Gasteiger partial charge in [0.25, 0.3) is 0 Å². The van der Waals surface area contributed by atoms with Gasteiger partial charge in [-0.1, -0.05) is 36.8 Å². The summed E-state index contributed by atoms with van der Waals surface area (Å²) in [5.41, 5.74) is 1.45. The fraction of sp³-hybridized carbons (Fsp3) is 0.625. The predicted molar refractivity (Wildman–Crippen MR) is 82.3 cm³/mol. The lowest BCUT2D eigenvalue weighted by Gasteiger charge is -2.41. The molecule has 2 rings (SSSR count). The largest absolute Gasteiger partial charge is 0.313 e. The Morgan fingerprint density at radius 3 is 2.56 bits per heavy atom. The zero-order chi connectivity index (χ0) is 12.8. The molecule has 0 radical (unpaired) electrons. The lowest BCUT2D eigenvalue weighted by Crippen LogP contribution is -2.45. The van der Waals surface area contributed by atoms with Crippen molar-refractivity contribution < 1.29 is 0 Å². The smallest absolute Gasteiger partial charge is 0.0281 e. The summed E-state index contributed by atoms with van der Waals surface area (Å²) in [6.45, 7) is 3.50. The topological polar surface area (TPSA) is 12.0 Å². The molecule has 0 aliphatic heterocycles. The summed E-state index contributed by atoms with van der Waals surface area (Å²) in [5, 5.41) is 3.73. The van der Waals surface area contributed by atoms with Crippen LogP contribution in [0.25, 0.3) is 0 Å². The molecule has 0 aromatic heterocycles. The van der Waals surface area contributed by atoms with Gasteiger partial charge in [0.05, 0.1) is 0 Å². The molecule has 1 aliphatic carbocycles. The number of rotatable bonds is 7. The standard InChI is InChI=1S/C16H25NS/c1-14(9-10-15-7-4-3-5-8-15)17-13-16(18-2)11-6-12-16/h3-5,7-8,14,17H,6,9-13H2,1-2H3. The first-order chi connectivity index (χ1) is 8.74. The van der Waals surface area contributed by atoms with Crippen molar-refractivity contribution in [2.75, 3.05) is 12.8 Å². The van der Waals surface area contributed by atoms with Crippen molar-refractivity contribution in [3.05, 3.63) is 35.9 Å². The highest BCUT2D eigenvalue weighted by Gasteiger charge is 2.35. The summed E-state index contributed by atoms with van der Waals surface area (Å²) in [5.74, 6) is 0. The monoisotopic (exact) mass is 263 g/mol. The van der Waals surface area contributed by atoms with Gasteiger partial charge in [-0.05, 0) is 44.4 Å². The van der Waals surface area contributed by atoms with Crippen molar-refractivity contribution in [3.8, 4) is 0 Å². The molecular weight excluding hydrogens is 238 g/mol. The zero-order valence-corrected chi connectivity index (χ0v) is 12.4. The highest BCUT2D eigenvalue weighted by atomic mass is 32.2. The minimum absolute atomic E-state index is 0.557. The zero-order valence-electron chi connectivity index (χ0n) is 11.6. The summed E-state index contributed by atoms with van der Waals surface area (Å²) < 4.78 is 0.557. The predicted octanol–water partition coefficient (Wildman–Crippen LogP) is 3.88. The van der Waals surface area contributed by atoms with Gasteiger partial charge >= 0.3 is 0 Å². The first-order valence-electron chi connectivity index (χ1n) is 7.07. The number of aryl methyl sites for hydroxylation is 1. The fourth-order valence-electron chi connectivity index (χ4n) is 2.51. The van der Waals surface area contributed by atoms with Crippen LogP contribution in [0.3, 0.4) is 0 Å². The number of hydrogen-bond donors (Lipinski definition) is 1. The molecule has 1 aromatic carbocycles. The van der Waals surface area contributed by atoms with Gasteiger partial charge in [0.15, 0.2) is 0 Å². The minimum atomic E-state index is 0.557. The van der Waals surface area contributed by atoms with Crippen LogP contribution in [-0.4, -0.2) is 23.6 Å². The van der Waals surface area contributed by atoms with E-state index in [9.17, 15) is 0 Å². The van der Waals surface area contributed by atoms with E-state index in [4.69, 9.17) is 0 Å². The average Bonchev–Trinajstić information content (AvgIpc) is 2.37. The fourth-order valence-corrected chi connectivity index (χ4v) is 3.44. The van der Waals surface area contributed by atoms with Gasteiger partial charge in [-0.2, -0.15) is 11.8 Å². The maximum Gasteiger partial charge on any atom is 0.0281 e. The van der Waals surface area contributed by atoms with Crippen molar-refractivity contribution in [2.24, 2.45) is 0 Å². The number of hydrogen-bond acceptors (Lipinski definition) is 2. The van der Waals surface area contributed by atoms with Crippen LogP contribution >= 0.6 is 11.8 Å². The van der Waals surface area contributed by atoms with Crippen LogP contribution in [-0.2, 0) is 6.42 Å². The highest BCUT2D eigenvalue weighted by Crippen LogP contribution is 2.42. The van der Waals surface area contributed by atoms with Gasteiger partial charge in [-0.15, -0.1) is 0 Å². The lowest BCUT2D eigenvalue weighted by atomic mass is 9.84. The van der Waals surface area contributed by atoms with Crippen molar-refractivity contribution in [2.45, 2.75) is 49.8 Å². The van der Waals surface area contributed by atoms with Gasteiger partial charge in [0.2, 0.25) is 0 Å². The van der Waals surface area contributed by atoms with Crippen LogP contribution in [0, 0.1) is 0 Å². The van der Waals surface area contributed by atoms with E-state index in [2.05, 4.69) is 60.6 Å². The molecule has 0 spiro atoms. The first-order valence-corrected chi connectivity index (χ1v) is 8.29. The van der Waals surface area contributed by atoms with E-state index in [1.54, 1.807) is 0 Å². The second-order valence-corrected chi connectivity index (χ2v) is 6.82. The maximum absolute atomic E-state index is 3.73. The molecule has 100 valence electrons. The van der Waals surface area contributed by atoms with Crippen LogP contribution < -0.4 is 5.32 Å². The lowest BCUT2D eigenvalue weighted by molar-refractivity contribution is 0.329. The van der Waals surface area contributed by atoms with Gasteiger partial charge in [0, 0.05) is 17.3 Å². The molecule has 0 saturated heterocycles. The first kappa shape index (κ1) is 14.0. The molecule has 2 heteroatoms. The molecule has 1 saturated carbocycles. The summed E-state index contributed by atoms with van der Waals surface area (Å²) in [7, 11) is 0. The van der Waals surface area contributed by atoms with E-state index in [0.29, 0.717) is 10.8 Å². The Morgan fingerprint density at radius 2 is 2.00 bits per heavy atom. The molecule has 1 aliphatic rings. The molecular formula is C16H25NS. The number of thioether (sulfide) groups is 1. The molecule has 0 heterocycles. The van der Waals surface area contributed by atoms with Crippen LogP contribution in [0.4, 0.5) is 0 Å². The molecule has 1 aromatic rings. The Bertz CT molecular complexity index is 340. The van der Waals surface area contributed by atoms with Gasteiger partial charge in [0.1, 0.15) is 0 Å². The summed E-state index contributed by atoms with van der Waals surface area (Å²) in [4.78, 5) is 0. The Morgan fingerprint density at radius 1 is 1.28 bits per heavy atom. The Balaban J connectivity index is 1.67. The third-order valence-corrected chi connectivity index (χ3v) is 5.60. The molecule has 0 bridgehead atoms. The average molecular weight is 263 g/mol. The van der Waals surface area contributed by atoms with E-state index < -0.39 is 0 Å². The van der Waals surface area contributed by atoms with Crippen molar-refractivity contribution in [3.63, 3.8) is 0 Å². The molecule has 1 N–H and O–H groups in total. The normalized spacial score (nSPS) is 19.2. The van der Waals surface area contributed by atoms with E-state index in [1.165, 1.54) is 44.2 Å². The third-order valence-electron chi connectivity index (χ3n) is 4.18. The van der Waals surface area contributed by atoms with Gasteiger partial charge in [-0.25, -0.2) is 0 Å². The van der Waals surface area contributed by atoms with E-state index in [-0.39, 0.29) is 0 Å². The van der Waals surface area contributed by atoms with E-state index in [0.717, 1.165) is 0 Å². The highest BCUT2D eigenvalue weighted by molar-refractivity contribution is 8.00. The van der Waals surface area contributed by atoms with Crippen molar-refractivity contribution in [1.82, 2.24) is 5.32 Å². The molecule has 1 atom stereocenters. The Kier molecular flexibility index (Phi) is 5.13. The van der Waals surface area contributed by atoms with Crippen LogP contribution in [0.2, 0.25) is 0 Å². The quantitative estimate of drug-likeness (QED) is 0.801. The number of benzene rings is 1. The van der Waals surface area contributed by atoms with Crippen LogP contribution in [0.1, 0.15) is 38.2 Å². The minimum Gasteiger partial charge on any atom is -0.313 e. The molecule has 1 nitrogen and oxygen atoms in total. The van der Waals surface area contributed by atoms with E-state index in [1.807, 2.05) is 0 Å². The SMILES string of the molecule is CSC1(CNC(C)CCc2ccccc2)CCC1. The van der Waals surface area contributed by atoms with Gasteiger partial charge in [-0.3, -0.25) is 0 Å². The summed E-state index contributed by atoms with van der Waals surface area (Å²) in [6, 6.07) is 11.4. The number of nitrogens with one attached hydrogen (secondary N) is 1. The van der Waals surface area contributed by atoms with Gasteiger partial charge < -0.3 is 5.32 Å². The second kappa shape index (κ2) is 6.63. The van der Waals surface area contributed by atoms with Crippen molar-refractivity contribution in [1.29, 1.82) is 0 Å². The maximum atomic E-state index is 3.73. The van der Waals surface area contributed by atoms with Crippen LogP contribution in [0.15, 0.2) is 30.3 Å². The van der Waals surface area contributed by atoms with Crippen LogP contribution in [0.5, 0.6) is 0 Å².